The lowest BCUT2D eigenvalue weighted by atomic mass is 9.57. The molecule has 7 rings (SSSR count). The second-order valence-electron chi connectivity index (χ2n) is 17.5. The van der Waals surface area contributed by atoms with Crippen molar-refractivity contribution in [3.63, 3.8) is 0 Å². The van der Waals surface area contributed by atoms with Gasteiger partial charge >= 0.3 is 0 Å². The molecule has 302 valence electrons. The number of ether oxygens (including phenoxy) is 2. The van der Waals surface area contributed by atoms with Gasteiger partial charge in [0.15, 0.2) is 31.3 Å². The number of carbonyl (C=O) groups excluding carboxylic acids is 2. The second-order valence-corrected chi connectivity index (χ2v) is 22.2. The highest BCUT2D eigenvalue weighted by Gasteiger charge is 2.69. The number of aliphatic hydroxyl groups is 1. The summed E-state index contributed by atoms with van der Waals surface area (Å²) in [6.45, 7) is 10.0. The molecule has 0 amide bonds. The Labute approximate surface area is 333 Å². The van der Waals surface area contributed by atoms with Crippen molar-refractivity contribution in [1.82, 2.24) is 15.0 Å². The van der Waals surface area contributed by atoms with Crippen molar-refractivity contribution < 1.29 is 41.9 Å². The molecule has 3 aliphatic carbocycles. The van der Waals surface area contributed by atoms with Crippen molar-refractivity contribution in [2.24, 2.45) is 11.8 Å². The van der Waals surface area contributed by atoms with Crippen LogP contribution in [0.25, 0.3) is 5.76 Å². The summed E-state index contributed by atoms with van der Waals surface area (Å²) in [5.74, 6) is -5.66. The molecule has 0 saturated heterocycles. The van der Waals surface area contributed by atoms with Crippen LogP contribution in [0.15, 0.2) is 70.8 Å². The van der Waals surface area contributed by atoms with Gasteiger partial charge in [-0.3, -0.25) is 14.5 Å². The number of hydrogen-bond acceptors (Lipinski definition) is 10. The fraction of sp³-hybridized carbons (Fsp3) is 0.432. The molecule has 4 atom stereocenters. The lowest BCUT2D eigenvalue weighted by Crippen LogP contribution is -2.68. The van der Waals surface area contributed by atoms with E-state index in [1.807, 2.05) is 114 Å². The van der Waals surface area contributed by atoms with Crippen molar-refractivity contribution >= 4 is 25.6 Å². The van der Waals surface area contributed by atoms with E-state index in [4.69, 9.17) is 18.4 Å². The molecular weight excluding hydrogens is 749 g/mol. The highest BCUT2D eigenvalue weighted by molar-refractivity contribution is 6.74. The average Bonchev–Trinajstić information content (AvgIpc) is 3.57. The van der Waals surface area contributed by atoms with Crippen LogP contribution >= 0.6 is 0 Å². The van der Waals surface area contributed by atoms with E-state index in [1.54, 1.807) is 19.0 Å². The number of carbonyl (C=O) groups is 2. The van der Waals surface area contributed by atoms with Crippen LogP contribution in [0.1, 0.15) is 77.2 Å². The van der Waals surface area contributed by atoms with Crippen LogP contribution in [0.5, 0.6) is 11.6 Å². The summed E-state index contributed by atoms with van der Waals surface area (Å²) in [5, 5.41) is 16.3. The fourth-order valence-corrected chi connectivity index (χ4v) is 9.84. The predicted molar refractivity (Wildman–Crippen MR) is 213 cm³/mol. The molecule has 3 aliphatic rings. The Morgan fingerprint density at radius 2 is 1.49 bits per heavy atom. The molecule has 1 heterocycles. The van der Waals surface area contributed by atoms with Gasteiger partial charge in [0.2, 0.25) is 11.6 Å². The van der Waals surface area contributed by atoms with Gasteiger partial charge < -0.3 is 28.4 Å². The summed E-state index contributed by atoms with van der Waals surface area (Å²) in [4.78, 5) is 34.8. The molecule has 0 unspecified atom stereocenters. The van der Waals surface area contributed by atoms with Gasteiger partial charge in [-0.15, -0.1) is 0 Å². The number of aliphatic hydroxyl groups excluding tert-OH is 1. The maximum atomic E-state index is 16.4. The van der Waals surface area contributed by atoms with E-state index < -0.39 is 65.8 Å². The third kappa shape index (κ3) is 6.81. The number of hydrogen-bond donors (Lipinski definition) is 1. The molecule has 1 saturated carbocycles. The molecule has 57 heavy (non-hydrogen) atoms. The molecular formula is C44H51F2N3O7Si. The average molecular weight is 800 g/mol. The SMILES string of the molecule is CN(C)Cc1c(F)c(F)c2c(c1OCc1ccccc1)C(O)=C1C(=O)[C@]3(O[Si](C)(C)C(C)(C)C)C(=O)c4c(OCc5ccccc5)noc4[C@@H](N(C)C)[C@@H]3C[C@@H]1C2. The van der Waals surface area contributed by atoms with Gasteiger partial charge in [-0.25, -0.2) is 8.78 Å². The Morgan fingerprint density at radius 1 is 0.895 bits per heavy atom. The quantitative estimate of drug-likeness (QED) is 0.117. The minimum absolute atomic E-state index is 0.00963. The molecule has 1 fully saturated rings. The number of halogens is 2. The van der Waals surface area contributed by atoms with Gasteiger partial charge in [0.05, 0.1) is 11.6 Å². The third-order valence-electron chi connectivity index (χ3n) is 12.1. The van der Waals surface area contributed by atoms with Crippen LogP contribution in [-0.4, -0.2) is 73.7 Å². The van der Waals surface area contributed by atoms with E-state index in [9.17, 15) is 5.11 Å². The number of Topliss-reactive ketones (excluding diaryl/α,β-unsaturated/α-hetero) is 2. The summed E-state index contributed by atoms with van der Waals surface area (Å²) in [6, 6.07) is 17.9. The largest absolute Gasteiger partial charge is 0.507 e. The Morgan fingerprint density at radius 3 is 2.05 bits per heavy atom. The number of benzene rings is 3. The molecule has 0 spiro atoms. The molecule has 1 aromatic heterocycles. The fourth-order valence-electron chi connectivity index (χ4n) is 8.39. The Kier molecular flexibility index (Phi) is 10.6. The molecule has 13 heteroatoms. The Bertz CT molecular complexity index is 2230. The molecule has 0 bridgehead atoms. The highest BCUT2D eigenvalue weighted by Crippen LogP contribution is 2.59. The summed E-state index contributed by atoms with van der Waals surface area (Å²) >= 11 is 0. The Balaban J connectivity index is 1.44. The van der Waals surface area contributed by atoms with Crippen LogP contribution in [-0.2, 0) is 35.4 Å². The van der Waals surface area contributed by atoms with E-state index in [1.165, 1.54) is 0 Å². The summed E-state index contributed by atoms with van der Waals surface area (Å²) < 4.78 is 58.2. The van der Waals surface area contributed by atoms with Crippen LogP contribution in [0.3, 0.4) is 0 Å². The van der Waals surface area contributed by atoms with Gasteiger partial charge in [0, 0.05) is 29.2 Å². The molecule has 10 nitrogen and oxygen atoms in total. The molecule has 0 aliphatic heterocycles. The second kappa shape index (κ2) is 14.9. The van der Waals surface area contributed by atoms with Gasteiger partial charge in [0.1, 0.15) is 30.3 Å². The standard InChI is InChI=1S/C44H51F2N3O7Si/c1-43(2,3)57(8,9)56-44-30(36(49(6)7)39-33(41(44)52)42(47-55-39)54-24-26-18-14-11-15-19-26)21-27-20-28-32(37(50)31(27)40(44)51)38(53-23-25-16-12-10-13-17-25)29(22-48(4)5)35(46)34(28)45/h10-19,27,30,36,50H,20-24H2,1-9H3/t27-,30-,36-,44-/m0/s1. The van der Waals surface area contributed by atoms with Crippen LogP contribution < -0.4 is 9.47 Å². The van der Waals surface area contributed by atoms with Crippen LogP contribution in [0.4, 0.5) is 8.78 Å². The number of nitrogens with zero attached hydrogens (tertiary/aromatic N) is 3. The summed E-state index contributed by atoms with van der Waals surface area (Å²) in [5.41, 5.74) is -0.874. The number of ketones is 2. The maximum Gasteiger partial charge on any atom is 0.265 e. The first-order valence-corrected chi connectivity index (χ1v) is 22.2. The third-order valence-corrected chi connectivity index (χ3v) is 16.6. The number of aromatic nitrogens is 1. The zero-order chi connectivity index (χ0) is 41.2. The maximum absolute atomic E-state index is 16.4. The predicted octanol–water partition coefficient (Wildman–Crippen LogP) is 8.46. The number of fused-ring (bicyclic) bond motifs is 4. The topological polar surface area (TPSA) is 115 Å². The van der Waals surface area contributed by atoms with E-state index in [-0.39, 0.29) is 77.8 Å². The molecule has 0 radical (unpaired) electrons. The number of rotatable bonds is 11. The zero-order valence-corrected chi connectivity index (χ0v) is 35.0. The van der Waals surface area contributed by atoms with Crippen molar-refractivity contribution in [2.45, 2.75) is 83.1 Å². The normalized spacial score (nSPS) is 22.0. The van der Waals surface area contributed by atoms with Crippen molar-refractivity contribution in [1.29, 1.82) is 0 Å². The van der Waals surface area contributed by atoms with Gasteiger partial charge in [-0.1, -0.05) is 81.4 Å². The monoisotopic (exact) mass is 799 g/mol. The Hall–Kier alpha value is -4.69. The molecule has 1 N–H and O–H groups in total. The van der Waals surface area contributed by atoms with Gasteiger partial charge in [-0.2, -0.15) is 0 Å². The van der Waals surface area contributed by atoms with E-state index >= 15 is 18.4 Å². The van der Waals surface area contributed by atoms with Crippen LogP contribution in [0, 0.1) is 23.5 Å². The van der Waals surface area contributed by atoms with Gasteiger partial charge in [0.25, 0.3) is 5.88 Å². The van der Waals surface area contributed by atoms with Crippen molar-refractivity contribution in [3.05, 3.63) is 117 Å². The first-order chi connectivity index (χ1) is 26.9. The van der Waals surface area contributed by atoms with E-state index in [0.717, 1.165) is 11.1 Å². The smallest absolute Gasteiger partial charge is 0.265 e. The van der Waals surface area contributed by atoms with Crippen molar-refractivity contribution in [3.8, 4) is 11.6 Å². The minimum atomic E-state index is -3.00. The first kappa shape index (κ1) is 40.5. The zero-order valence-electron chi connectivity index (χ0n) is 34.0. The summed E-state index contributed by atoms with van der Waals surface area (Å²) in [6.07, 6.45) is -0.0162. The highest BCUT2D eigenvalue weighted by atomic mass is 28.4. The van der Waals surface area contributed by atoms with Gasteiger partial charge in [-0.05, 0) is 81.4 Å². The first-order valence-electron chi connectivity index (χ1n) is 19.3. The van der Waals surface area contributed by atoms with E-state index in [0.29, 0.717) is 0 Å². The minimum Gasteiger partial charge on any atom is -0.507 e. The van der Waals surface area contributed by atoms with Crippen LogP contribution in [0.2, 0.25) is 18.1 Å². The van der Waals surface area contributed by atoms with Crippen molar-refractivity contribution in [2.75, 3.05) is 28.2 Å². The molecule has 3 aromatic carbocycles. The lowest BCUT2D eigenvalue weighted by molar-refractivity contribution is -0.140. The van der Waals surface area contributed by atoms with E-state index in [2.05, 4.69) is 5.16 Å². The molecule has 4 aromatic rings. The summed E-state index contributed by atoms with van der Waals surface area (Å²) in [7, 11) is 4.06. The lowest BCUT2D eigenvalue weighted by Gasteiger charge is -2.55.